The van der Waals surface area contributed by atoms with Crippen LogP contribution in [0.25, 0.3) is 0 Å². The molecule has 0 saturated carbocycles. The first-order valence-electron chi connectivity index (χ1n) is 11.1. The van der Waals surface area contributed by atoms with Gasteiger partial charge in [0.2, 0.25) is 5.91 Å². The Bertz CT molecular complexity index is 917. The minimum atomic E-state index is -0.588. The monoisotopic (exact) mass is 457 g/mol. The Morgan fingerprint density at radius 2 is 1.75 bits per heavy atom. The third kappa shape index (κ3) is 6.24. The standard InChI is InChI=1S/C25H32ClN3O3/c1-18(2)23(27-24(30)21-7-4-5-8-22(21)32-3)25(31)29-14-6-13-28(15-16-29)17-19-9-11-20(26)12-10-19/h4-5,7-12,18,23H,6,13-17H2,1-3H3,(H,27,30). The summed E-state index contributed by atoms with van der Waals surface area (Å²) in [4.78, 5) is 30.5. The second-order valence-electron chi connectivity index (χ2n) is 8.48. The first-order valence-corrected chi connectivity index (χ1v) is 11.5. The van der Waals surface area contributed by atoms with Gasteiger partial charge in [0.15, 0.2) is 0 Å². The summed E-state index contributed by atoms with van der Waals surface area (Å²) < 4.78 is 5.30. The highest BCUT2D eigenvalue weighted by Gasteiger charge is 2.30. The number of nitrogens with zero attached hydrogens (tertiary/aromatic N) is 2. The maximum atomic E-state index is 13.4. The number of hydrogen-bond acceptors (Lipinski definition) is 4. The van der Waals surface area contributed by atoms with E-state index >= 15 is 0 Å². The van der Waals surface area contributed by atoms with Gasteiger partial charge in [0.25, 0.3) is 5.91 Å². The van der Waals surface area contributed by atoms with Gasteiger partial charge < -0.3 is 15.0 Å². The largest absolute Gasteiger partial charge is 0.496 e. The average molecular weight is 458 g/mol. The van der Waals surface area contributed by atoms with Crippen LogP contribution in [0.2, 0.25) is 5.02 Å². The maximum Gasteiger partial charge on any atom is 0.255 e. The summed E-state index contributed by atoms with van der Waals surface area (Å²) in [5.74, 6) is 0.132. The van der Waals surface area contributed by atoms with Crippen molar-refractivity contribution in [1.82, 2.24) is 15.1 Å². The van der Waals surface area contributed by atoms with Crippen LogP contribution in [0, 0.1) is 5.92 Å². The smallest absolute Gasteiger partial charge is 0.255 e. The van der Waals surface area contributed by atoms with E-state index in [4.69, 9.17) is 16.3 Å². The van der Waals surface area contributed by atoms with Crippen LogP contribution < -0.4 is 10.1 Å². The maximum absolute atomic E-state index is 13.4. The molecule has 0 bridgehead atoms. The minimum absolute atomic E-state index is 0.0309. The van der Waals surface area contributed by atoms with Crippen molar-refractivity contribution < 1.29 is 14.3 Å². The molecule has 0 aromatic heterocycles. The van der Waals surface area contributed by atoms with Crippen molar-refractivity contribution in [3.05, 3.63) is 64.7 Å². The highest BCUT2D eigenvalue weighted by atomic mass is 35.5. The van der Waals surface area contributed by atoms with Crippen molar-refractivity contribution >= 4 is 23.4 Å². The predicted molar refractivity (Wildman–Crippen MR) is 127 cm³/mol. The molecule has 3 rings (SSSR count). The summed E-state index contributed by atoms with van der Waals surface area (Å²) in [7, 11) is 1.53. The van der Waals surface area contributed by atoms with Gasteiger partial charge in [-0.3, -0.25) is 14.5 Å². The van der Waals surface area contributed by atoms with E-state index in [0.717, 1.165) is 31.1 Å². The zero-order valence-corrected chi connectivity index (χ0v) is 19.8. The molecule has 172 valence electrons. The normalized spacial score (nSPS) is 15.8. The van der Waals surface area contributed by atoms with E-state index in [-0.39, 0.29) is 17.7 Å². The lowest BCUT2D eigenvalue weighted by Crippen LogP contribution is -2.52. The molecule has 2 aromatic carbocycles. The van der Waals surface area contributed by atoms with Gasteiger partial charge in [-0.15, -0.1) is 0 Å². The lowest BCUT2D eigenvalue weighted by molar-refractivity contribution is -0.134. The van der Waals surface area contributed by atoms with E-state index in [9.17, 15) is 9.59 Å². The Morgan fingerprint density at radius 3 is 2.44 bits per heavy atom. The Hall–Kier alpha value is -2.57. The minimum Gasteiger partial charge on any atom is -0.496 e. The van der Waals surface area contributed by atoms with E-state index in [1.54, 1.807) is 18.2 Å². The molecule has 1 heterocycles. The number of carbonyl (C=O) groups excluding carboxylic acids is 2. The van der Waals surface area contributed by atoms with Crippen molar-refractivity contribution in [2.45, 2.75) is 32.9 Å². The van der Waals surface area contributed by atoms with Crippen LogP contribution >= 0.6 is 11.6 Å². The molecule has 1 fully saturated rings. The van der Waals surface area contributed by atoms with Crippen molar-refractivity contribution in [2.24, 2.45) is 5.92 Å². The molecule has 0 spiro atoms. The number of rotatable bonds is 7. The summed E-state index contributed by atoms with van der Waals surface area (Å²) in [6.07, 6.45) is 0.893. The topological polar surface area (TPSA) is 61.9 Å². The molecule has 1 aliphatic rings. The van der Waals surface area contributed by atoms with Gasteiger partial charge in [-0.2, -0.15) is 0 Å². The van der Waals surface area contributed by atoms with Crippen molar-refractivity contribution in [1.29, 1.82) is 0 Å². The highest BCUT2D eigenvalue weighted by molar-refractivity contribution is 6.30. The van der Waals surface area contributed by atoms with Crippen LogP contribution in [0.1, 0.15) is 36.2 Å². The quantitative estimate of drug-likeness (QED) is 0.686. The molecule has 7 heteroatoms. The summed E-state index contributed by atoms with van der Waals surface area (Å²) in [6, 6.07) is 14.3. The van der Waals surface area contributed by atoms with E-state index in [0.29, 0.717) is 24.4 Å². The predicted octanol–water partition coefficient (Wildman–Crippen LogP) is 3.84. The van der Waals surface area contributed by atoms with Crippen LogP contribution in [-0.4, -0.2) is 60.9 Å². The second-order valence-corrected chi connectivity index (χ2v) is 8.91. The van der Waals surface area contributed by atoms with Crippen molar-refractivity contribution in [3.8, 4) is 5.75 Å². The van der Waals surface area contributed by atoms with E-state index < -0.39 is 6.04 Å². The molecule has 1 unspecified atom stereocenters. The number of nitrogens with one attached hydrogen (secondary N) is 1. The van der Waals surface area contributed by atoms with Crippen LogP contribution in [0.4, 0.5) is 0 Å². The fourth-order valence-corrected chi connectivity index (χ4v) is 4.08. The van der Waals surface area contributed by atoms with Gasteiger partial charge in [0.05, 0.1) is 12.7 Å². The number of carbonyl (C=O) groups is 2. The van der Waals surface area contributed by atoms with E-state index in [1.807, 2.05) is 49.1 Å². The van der Waals surface area contributed by atoms with Gasteiger partial charge in [-0.1, -0.05) is 49.7 Å². The number of para-hydroxylation sites is 1. The molecule has 1 saturated heterocycles. The average Bonchev–Trinajstić information content (AvgIpc) is 3.03. The second kappa shape index (κ2) is 11.3. The van der Waals surface area contributed by atoms with Crippen molar-refractivity contribution in [2.75, 3.05) is 33.3 Å². The molecule has 1 aliphatic heterocycles. The number of amides is 2. The third-order valence-electron chi connectivity index (χ3n) is 5.79. The molecule has 2 amide bonds. The Kier molecular flexibility index (Phi) is 8.53. The zero-order chi connectivity index (χ0) is 23.1. The lowest BCUT2D eigenvalue weighted by Gasteiger charge is -2.29. The summed E-state index contributed by atoms with van der Waals surface area (Å²) in [6.45, 7) is 7.78. The molecule has 0 aliphatic carbocycles. The fourth-order valence-electron chi connectivity index (χ4n) is 3.96. The number of hydrogen-bond donors (Lipinski definition) is 1. The zero-order valence-electron chi connectivity index (χ0n) is 19.0. The number of ether oxygens (including phenoxy) is 1. The van der Waals surface area contributed by atoms with Gasteiger partial charge in [0.1, 0.15) is 11.8 Å². The first-order chi connectivity index (χ1) is 15.4. The third-order valence-corrected chi connectivity index (χ3v) is 6.04. The lowest BCUT2D eigenvalue weighted by atomic mass is 10.0. The molecular formula is C25H32ClN3O3. The fraction of sp³-hybridized carbons (Fsp3) is 0.440. The molecule has 0 radical (unpaired) electrons. The molecule has 2 aromatic rings. The Balaban J connectivity index is 1.63. The van der Waals surface area contributed by atoms with Gasteiger partial charge in [-0.05, 0) is 42.2 Å². The van der Waals surface area contributed by atoms with Gasteiger partial charge in [0, 0.05) is 37.7 Å². The van der Waals surface area contributed by atoms with E-state index in [1.165, 1.54) is 12.7 Å². The molecule has 32 heavy (non-hydrogen) atoms. The Labute approximate surface area is 195 Å². The van der Waals surface area contributed by atoms with Crippen LogP contribution in [0.5, 0.6) is 5.75 Å². The SMILES string of the molecule is COc1ccccc1C(=O)NC(C(=O)N1CCCN(Cc2ccc(Cl)cc2)CC1)C(C)C. The van der Waals surface area contributed by atoms with Crippen LogP contribution in [0.15, 0.2) is 48.5 Å². The highest BCUT2D eigenvalue weighted by Crippen LogP contribution is 2.19. The number of halogens is 1. The van der Waals surface area contributed by atoms with Crippen LogP contribution in [-0.2, 0) is 11.3 Å². The van der Waals surface area contributed by atoms with Crippen LogP contribution in [0.3, 0.4) is 0 Å². The van der Waals surface area contributed by atoms with Gasteiger partial charge >= 0.3 is 0 Å². The molecule has 6 nitrogen and oxygen atoms in total. The first kappa shape index (κ1) is 24.1. The molecular weight excluding hydrogens is 426 g/mol. The van der Waals surface area contributed by atoms with Gasteiger partial charge in [-0.25, -0.2) is 0 Å². The number of benzene rings is 2. The molecule has 1 N–H and O–H groups in total. The summed E-state index contributed by atoms with van der Waals surface area (Å²) in [5, 5.41) is 3.68. The van der Waals surface area contributed by atoms with E-state index in [2.05, 4.69) is 10.2 Å². The number of methoxy groups -OCH3 is 1. The van der Waals surface area contributed by atoms with Crippen molar-refractivity contribution in [3.63, 3.8) is 0 Å². The Morgan fingerprint density at radius 1 is 1.03 bits per heavy atom. The molecule has 1 atom stereocenters. The summed E-state index contributed by atoms with van der Waals surface area (Å²) in [5.41, 5.74) is 1.64. The summed E-state index contributed by atoms with van der Waals surface area (Å²) >= 11 is 5.99.